The SMILES string of the molecule is COCCOc1ccc(-n2cnc3cnc(Cc4cnn(C5CCN(C)CC5)c4)nc32)cc1. The van der Waals surface area contributed by atoms with E-state index in [-0.39, 0.29) is 0 Å². The van der Waals surface area contributed by atoms with Gasteiger partial charge < -0.3 is 14.4 Å². The van der Waals surface area contributed by atoms with Crippen LogP contribution >= 0.6 is 0 Å². The van der Waals surface area contributed by atoms with Crippen LogP contribution in [-0.2, 0) is 11.2 Å². The minimum Gasteiger partial charge on any atom is -0.491 e. The van der Waals surface area contributed by atoms with Crippen molar-refractivity contribution in [3.63, 3.8) is 0 Å². The lowest BCUT2D eigenvalue weighted by atomic mass is 10.1. The third-order valence-corrected chi connectivity index (χ3v) is 6.09. The van der Waals surface area contributed by atoms with Crippen LogP contribution in [0.2, 0.25) is 0 Å². The van der Waals surface area contributed by atoms with Gasteiger partial charge >= 0.3 is 0 Å². The molecule has 0 aliphatic carbocycles. The van der Waals surface area contributed by atoms with E-state index in [0.29, 0.717) is 25.7 Å². The van der Waals surface area contributed by atoms with Crippen LogP contribution in [-0.4, -0.2) is 74.7 Å². The zero-order valence-corrected chi connectivity index (χ0v) is 19.1. The largest absolute Gasteiger partial charge is 0.491 e. The Morgan fingerprint density at radius 3 is 2.64 bits per heavy atom. The normalized spacial score (nSPS) is 15.3. The van der Waals surface area contributed by atoms with Gasteiger partial charge in [0.25, 0.3) is 0 Å². The first kappa shape index (κ1) is 21.5. The molecule has 1 aliphatic rings. The monoisotopic (exact) mass is 447 g/mol. The molecule has 33 heavy (non-hydrogen) atoms. The maximum absolute atomic E-state index is 5.66. The van der Waals surface area contributed by atoms with E-state index in [4.69, 9.17) is 14.5 Å². The van der Waals surface area contributed by atoms with Gasteiger partial charge in [0.2, 0.25) is 0 Å². The molecule has 1 saturated heterocycles. The standard InChI is InChI=1S/C24H29N7O2/c1-29-9-7-20(8-10-29)31-16-18(14-27-31)13-23-25-15-22-24(28-23)30(17-26-22)19-3-5-21(6-4-19)33-12-11-32-2/h3-6,14-17,20H,7-13H2,1-2H3. The predicted octanol–water partition coefficient (Wildman–Crippen LogP) is 2.89. The number of methoxy groups -OCH3 is 1. The van der Waals surface area contributed by atoms with Crippen LogP contribution in [0, 0.1) is 0 Å². The third kappa shape index (κ3) is 4.89. The highest BCUT2D eigenvalue weighted by molar-refractivity contribution is 5.72. The number of fused-ring (bicyclic) bond motifs is 1. The summed E-state index contributed by atoms with van der Waals surface area (Å²) in [5.41, 5.74) is 3.64. The molecule has 1 fully saturated rings. The number of aromatic nitrogens is 6. The quantitative estimate of drug-likeness (QED) is 0.384. The van der Waals surface area contributed by atoms with Gasteiger partial charge in [-0.15, -0.1) is 0 Å². The third-order valence-electron chi connectivity index (χ3n) is 6.09. The molecule has 9 nitrogen and oxygen atoms in total. The molecule has 1 aliphatic heterocycles. The number of benzene rings is 1. The molecule has 0 amide bonds. The maximum atomic E-state index is 5.66. The molecule has 4 aromatic rings. The summed E-state index contributed by atoms with van der Waals surface area (Å²) in [6.07, 6.45) is 10.6. The van der Waals surface area contributed by atoms with Crippen molar-refractivity contribution in [3.8, 4) is 11.4 Å². The van der Waals surface area contributed by atoms with E-state index in [9.17, 15) is 0 Å². The van der Waals surface area contributed by atoms with Gasteiger partial charge in [0, 0.05) is 25.4 Å². The second-order valence-corrected chi connectivity index (χ2v) is 8.48. The summed E-state index contributed by atoms with van der Waals surface area (Å²) < 4.78 is 14.8. The second kappa shape index (κ2) is 9.68. The number of rotatable bonds is 8. The first-order chi connectivity index (χ1) is 16.2. The Kier molecular flexibility index (Phi) is 6.32. The Hall–Kier alpha value is -3.30. The highest BCUT2D eigenvalue weighted by Crippen LogP contribution is 2.22. The van der Waals surface area contributed by atoms with Crippen molar-refractivity contribution in [2.24, 2.45) is 0 Å². The lowest BCUT2D eigenvalue weighted by Gasteiger charge is -2.28. The molecule has 0 saturated carbocycles. The van der Waals surface area contributed by atoms with Crippen molar-refractivity contribution in [1.82, 2.24) is 34.2 Å². The molecule has 172 valence electrons. The van der Waals surface area contributed by atoms with E-state index in [1.54, 1.807) is 19.6 Å². The lowest BCUT2D eigenvalue weighted by Crippen LogP contribution is -2.31. The van der Waals surface area contributed by atoms with Crippen LogP contribution in [0.5, 0.6) is 5.75 Å². The van der Waals surface area contributed by atoms with Gasteiger partial charge in [-0.2, -0.15) is 5.10 Å². The molecule has 4 heterocycles. The number of hydrogen-bond acceptors (Lipinski definition) is 7. The summed E-state index contributed by atoms with van der Waals surface area (Å²) in [5, 5.41) is 4.62. The first-order valence-electron chi connectivity index (χ1n) is 11.3. The lowest BCUT2D eigenvalue weighted by molar-refractivity contribution is 0.146. The molecule has 0 bridgehead atoms. The number of piperidine rings is 1. The molecule has 3 aromatic heterocycles. The van der Waals surface area contributed by atoms with Crippen LogP contribution in [0.1, 0.15) is 30.3 Å². The van der Waals surface area contributed by atoms with Crippen molar-refractivity contribution in [1.29, 1.82) is 0 Å². The Morgan fingerprint density at radius 1 is 1.03 bits per heavy atom. The fourth-order valence-electron chi connectivity index (χ4n) is 4.18. The fourth-order valence-corrected chi connectivity index (χ4v) is 4.18. The average Bonchev–Trinajstić information content (AvgIpc) is 3.47. The summed E-state index contributed by atoms with van der Waals surface area (Å²) in [4.78, 5) is 16.2. The minimum absolute atomic E-state index is 0.473. The molecular formula is C24H29N7O2. The zero-order valence-electron chi connectivity index (χ0n) is 19.1. The number of nitrogens with zero attached hydrogens (tertiary/aromatic N) is 7. The Labute approximate surface area is 193 Å². The van der Waals surface area contributed by atoms with Gasteiger partial charge in [0.05, 0.1) is 25.0 Å². The highest BCUT2D eigenvalue weighted by atomic mass is 16.5. The molecule has 9 heteroatoms. The van der Waals surface area contributed by atoms with Crippen molar-refractivity contribution in [2.45, 2.75) is 25.3 Å². The molecule has 0 radical (unpaired) electrons. The van der Waals surface area contributed by atoms with E-state index in [0.717, 1.165) is 59.9 Å². The van der Waals surface area contributed by atoms with Gasteiger partial charge in [-0.1, -0.05) is 0 Å². The number of hydrogen-bond donors (Lipinski definition) is 0. The van der Waals surface area contributed by atoms with Crippen LogP contribution < -0.4 is 4.74 Å². The average molecular weight is 448 g/mol. The van der Waals surface area contributed by atoms with Crippen molar-refractivity contribution >= 4 is 11.2 Å². The van der Waals surface area contributed by atoms with Crippen LogP contribution in [0.4, 0.5) is 0 Å². The Balaban J connectivity index is 1.31. The topological polar surface area (TPSA) is 83.1 Å². The number of imidazole rings is 1. The number of likely N-dealkylation sites (tertiary alicyclic amines) is 1. The van der Waals surface area contributed by atoms with Gasteiger partial charge in [-0.3, -0.25) is 9.25 Å². The minimum atomic E-state index is 0.473. The zero-order chi connectivity index (χ0) is 22.6. The molecular weight excluding hydrogens is 418 g/mol. The first-order valence-corrected chi connectivity index (χ1v) is 11.3. The van der Waals surface area contributed by atoms with Crippen molar-refractivity contribution in [3.05, 3.63) is 60.6 Å². The van der Waals surface area contributed by atoms with E-state index < -0.39 is 0 Å². The molecule has 1 aromatic carbocycles. The predicted molar refractivity (Wildman–Crippen MR) is 125 cm³/mol. The van der Waals surface area contributed by atoms with Crippen molar-refractivity contribution < 1.29 is 9.47 Å². The van der Waals surface area contributed by atoms with Gasteiger partial charge in [0.1, 0.15) is 30.0 Å². The molecule has 0 spiro atoms. The molecule has 0 N–H and O–H groups in total. The molecule has 0 unspecified atom stereocenters. The second-order valence-electron chi connectivity index (χ2n) is 8.48. The van der Waals surface area contributed by atoms with E-state index in [1.807, 2.05) is 35.0 Å². The van der Waals surface area contributed by atoms with E-state index in [1.165, 1.54) is 0 Å². The van der Waals surface area contributed by atoms with Crippen molar-refractivity contribution in [2.75, 3.05) is 40.5 Å². The van der Waals surface area contributed by atoms with Gasteiger partial charge in [-0.25, -0.2) is 15.0 Å². The maximum Gasteiger partial charge on any atom is 0.168 e. The summed E-state index contributed by atoms with van der Waals surface area (Å²) in [6, 6.07) is 8.35. The summed E-state index contributed by atoms with van der Waals surface area (Å²) >= 11 is 0. The van der Waals surface area contributed by atoms with Gasteiger partial charge in [-0.05, 0) is 62.8 Å². The Bertz CT molecular complexity index is 1190. The number of ether oxygens (including phenoxy) is 2. The summed E-state index contributed by atoms with van der Waals surface area (Å²) in [7, 11) is 3.84. The van der Waals surface area contributed by atoms with Crippen LogP contribution in [0.3, 0.4) is 0 Å². The van der Waals surface area contributed by atoms with Crippen LogP contribution in [0.15, 0.2) is 49.2 Å². The van der Waals surface area contributed by atoms with Gasteiger partial charge in [0.15, 0.2) is 5.65 Å². The van der Waals surface area contributed by atoms with Crippen LogP contribution in [0.25, 0.3) is 16.9 Å². The highest BCUT2D eigenvalue weighted by Gasteiger charge is 2.19. The van der Waals surface area contributed by atoms with E-state index >= 15 is 0 Å². The molecule has 0 atom stereocenters. The Morgan fingerprint density at radius 2 is 1.85 bits per heavy atom. The summed E-state index contributed by atoms with van der Waals surface area (Å²) in [6.45, 7) is 3.31. The fraction of sp³-hybridized carbons (Fsp3) is 0.417. The molecule has 5 rings (SSSR count). The summed E-state index contributed by atoms with van der Waals surface area (Å²) in [5.74, 6) is 1.56. The van der Waals surface area contributed by atoms with E-state index in [2.05, 4.69) is 37.9 Å². The smallest absolute Gasteiger partial charge is 0.168 e.